The fraction of sp³-hybridized carbons (Fsp3) is 0.778. The lowest BCUT2D eigenvalue weighted by Gasteiger charge is -2.27. The quantitative estimate of drug-likeness (QED) is 0.593. The molecule has 1 heteroatoms. The van der Waals surface area contributed by atoms with E-state index in [1.807, 2.05) is 13.1 Å². The lowest BCUT2D eigenvalue weighted by Crippen LogP contribution is -2.28. The Hall–Kier alpha value is -0.300. The molecule has 0 aliphatic rings. The predicted octanol–water partition coefficient (Wildman–Crippen LogP) is 2.05. The van der Waals surface area contributed by atoms with E-state index in [-0.39, 0.29) is 0 Å². The standard InChI is InChI=1S/C9H19N/c1-6-8(7-10-5)9(2,3)4/h6,8,10H,1,7H2,2-5H3. The third-order valence-corrected chi connectivity index (χ3v) is 1.82. The molecule has 0 aliphatic heterocycles. The molecule has 10 heavy (non-hydrogen) atoms. The van der Waals surface area contributed by atoms with Gasteiger partial charge in [-0.05, 0) is 18.4 Å². The summed E-state index contributed by atoms with van der Waals surface area (Å²) in [5.41, 5.74) is 0.338. The van der Waals surface area contributed by atoms with Gasteiger partial charge in [0.15, 0.2) is 0 Å². The minimum absolute atomic E-state index is 0.338. The van der Waals surface area contributed by atoms with Gasteiger partial charge in [-0.15, -0.1) is 6.58 Å². The molecule has 0 aliphatic carbocycles. The van der Waals surface area contributed by atoms with Crippen molar-refractivity contribution < 1.29 is 0 Å². The number of hydrogen-bond acceptors (Lipinski definition) is 1. The topological polar surface area (TPSA) is 12.0 Å². The highest BCUT2D eigenvalue weighted by Gasteiger charge is 2.20. The molecule has 0 aromatic heterocycles. The van der Waals surface area contributed by atoms with Crippen LogP contribution in [-0.4, -0.2) is 13.6 Å². The summed E-state index contributed by atoms with van der Waals surface area (Å²) in [5.74, 6) is 0.567. The average molecular weight is 141 g/mol. The summed E-state index contributed by atoms with van der Waals surface area (Å²) in [6, 6.07) is 0. The molecule has 1 unspecified atom stereocenters. The van der Waals surface area contributed by atoms with Crippen LogP contribution in [0.2, 0.25) is 0 Å². The lowest BCUT2D eigenvalue weighted by molar-refractivity contribution is 0.288. The molecule has 0 bridgehead atoms. The summed E-state index contributed by atoms with van der Waals surface area (Å²) in [5, 5.41) is 3.15. The molecule has 1 nitrogen and oxygen atoms in total. The first-order chi connectivity index (χ1) is 4.52. The van der Waals surface area contributed by atoms with Gasteiger partial charge in [0, 0.05) is 6.54 Å². The summed E-state index contributed by atoms with van der Waals surface area (Å²) in [4.78, 5) is 0. The molecular formula is C9H19N. The van der Waals surface area contributed by atoms with Crippen LogP contribution in [-0.2, 0) is 0 Å². The van der Waals surface area contributed by atoms with Gasteiger partial charge in [0.05, 0.1) is 0 Å². The second-order valence-electron chi connectivity index (χ2n) is 3.77. The molecule has 1 N–H and O–H groups in total. The maximum atomic E-state index is 3.81. The summed E-state index contributed by atoms with van der Waals surface area (Å²) in [6.45, 7) is 11.5. The fourth-order valence-electron chi connectivity index (χ4n) is 0.963. The van der Waals surface area contributed by atoms with E-state index < -0.39 is 0 Å². The highest BCUT2D eigenvalue weighted by atomic mass is 14.8. The largest absolute Gasteiger partial charge is 0.319 e. The second-order valence-corrected chi connectivity index (χ2v) is 3.77. The van der Waals surface area contributed by atoms with Gasteiger partial charge in [-0.1, -0.05) is 26.8 Å². The van der Waals surface area contributed by atoms with Crippen LogP contribution >= 0.6 is 0 Å². The van der Waals surface area contributed by atoms with Gasteiger partial charge in [0.25, 0.3) is 0 Å². The molecule has 60 valence electrons. The lowest BCUT2D eigenvalue weighted by atomic mass is 9.81. The van der Waals surface area contributed by atoms with Crippen LogP contribution in [0.25, 0.3) is 0 Å². The fourth-order valence-corrected chi connectivity index (χ4v) is 0.963. The van der Waals surface area contributed by atoms with E-state index in [0.29, 0.717) is 11.3 Å². The average Bonchev–Trinajstić information content (AvgIpc) is 1.80. The molecule has 0 fully saturated rings. The molecule has 0 heterocycles. The Morgan fingerprint density at radius 2 is 2.00 bits per heavy atom. The van der Waals surface area contributed by atoms with Gasteiger partial charge in [0.2, 0.25) is 0 Å². The molecule has 0 rings (SSSR count). The summed E-state index contributed by atoms with van der Waals surface area (Å²) < 4.78 is 0. The number of rotatable bonds is 3. The SMILES string of the molecule is C=CC(CNC)C(C)(C)C. The first kappa shape index (κ1) is 9.70. The molecule has 0 amide bonds. The highest BCUT2D eigenvalue weighted by molar-refractivity contribution is 4.88. The molecule has 1 atom stereocenters. The third-order valence-electron chi connectivity index (χ3n) is 1.82. The minimum atomic E-state index is 0.338. The van der Waals surface area contributed by atoms with E-state index in [2.05, 4.69) is 32.7 Å². The van der Waals surface area contributed by atoms with Crippen molar-refractivity contribution in [2.45, 2.75) is 20.8 Å². The van der Waals surface area contributed by atoms with Crippen molar-refractivity contribution >= 4 is 0 Å². The van der Waals surface area contributed by atoms with E-state index in [9.17, 15) is 0 Å². The minimum Gasteiger partial charge on any atom is -0.319 e. The molecule has 0 spiro atoms. The zero-order valence-corrected chi connectivity index (χ0v) is 7.57. The summed E-state index contributed by atoms with van der Waals surface area (Å²) in [6.07, 6.45) is 2.02. The molecule has 0 aromatic carbocycles. The van der Waals surface area contributed by atoms with E-state index in [4.69, 9.17) is 0 Å². The van der Waals surface area contributed by atoms with Crippen LogP contribution in [0.5, 0.6) is 0 Å². The Bertz CT molecular complexity index is 99.8. The van der Waals surface area contributed by atoms with Crippen molar-refractivity contribution in [2.24, 2.45) is 11.3 Å². The Morgan fingerprint density at radius 1 is 1.50 bits per heavy atom. The van der Waals surface area contributed by atoms with Gasteiger partial charge >= 0.3 is 0 Å². The van der Waals surface area contributed by atoms with Crippen LogP contribution in [0.4, 0.5) is 0 Å². The predicted molar refractivity (Wildman–Crippen MR) is 47.1 cm³/mol. The zero-order valence-electron chi connectivity index (χ0n) is 7.57. The maximum Gasteiger partial charge on any atom is 0.00161 e. The monoisotopic (exact) mass is 141 g/mol. The Morgan fingerprint density at radius 3 is 2.10 bits per heavy atom. The van der Waals surface area contributed by atoms with Crippen molar-refractivity contribution in [3.63, 3.8) is 0 Å². The van der Waals surface area contributed by atoms with Crippen molar-refractivity contribution in [1.29, 1.82) is 0 Å². The number of nitrogens with one attached hydrogen (secondary N) is 1. The van der Waals surface area contributed by atoms with Crippen molar-refractivity contribution in [2.75, 3.05) is 13.6 Å². The first-order valence-electron chi connectivity index (χ1n) is 3.79. The third kappa shape index (κ3) is 3.02. The van der Waals surface area contributed by atoms with Crippen molar-refractivity contribution in [3.05, 3.63) is 12.7 Å². The van der Waals surface area contributed by atoms with E-state index >= 15 is 0 Å². The van der Waals surface area contributed by atoms with Crippen molar-refractivity contribution in [1.82, 2.24) is 5.32 Å². The Labute approximate surface area is 64.5 Å². The van der Waals surface area contributed by atoms with Gasteiger partial charge in [-0.3, -0.25) is 0 Å². The van der Waals surface area contributed by atoms with Crippen LogP contribution in [0.15, 0.2) is 12.7 Å². The number of hydrogen-bond donors (Lipinski definition) is 1. The van der Waals surface area contributed by atoms with Crippen molar-refractivity contribution in [3.8, 4) is 0 Å². The highest BCUT2D eigenvalue weighted by Crippen LogP contribution is 2.25. The maximum absolute atomic E-state index is 3.81. The molecular weight excluding hydrogens is 122 g/mol. The van der Waals surface area contributed by atoms with Crippen LogP contribution < -0.4 is 5.32 Å². The van der Waals surface area contributed by atoms with E-state index in [0.717, 1.165) is 6.54 Å². The second kappa shape index (κ2) is 3.77. The molecule has 0 radical (unpaired) electrons. The van der Waals surface area contributed by atoms with E-state index in [1.54, 1.807) is 0 Å². The van der Waals surface area contributed by atoms with E-state index in [1.165, 1.54) is 0 Å². The van der Waals surface area contributed by atoms with Crippen LogP contribution in [0.3, 0.4) is 0 Å². The molecule has 0 saturated heterocycles. The summed E-state index contributed by atoms with van der Waals surface area (Å²) >= 11 is 0. The Balaban J connectivity index is 3.93. The van der Waals surface area contributed by atoms with Crippen LogP contribution in [0, 0.1) is 11.3 Å². The smallest absolute Gasteiger partial charge is 0.00161 e. The molecule has 0 saturated carbocycles. The summed E-state index contributed by atoms with van der Waals surface area (Å²) in [7, 11) is 1.97. The van der Waals surface area contributed by atoms with Crippen LogP contribution in [0.1, 0.15) is 20.8 Å². The zero-order chi connectivity index (χ0) is 8.20. The Kier molecular flexibility index (Phi) is 3.66. The van der Waals surface area contributed by atoms with Gasteiger partial charge in [0.1, 0.15) is 0 Å². The van der Waals surface area contributed by atoms with Gasteiger partial charge in [-0.25, -0.2) is 0 Å². The molecule has 0 aromatic rings. The first-order valence-corrected chi connectivity index (χ1v) is 3.79. The normalized spacial score (nSPS) is 14.8. The van der Waals surface area contributed by atoms with Gasteiger partial charge < -0.3 is 5.32 Å². The van der Waals surface area contributed by atoms with Gasteiger partial charge in [-0.2, -0.15) is 0 Å².